The van der Waals surface area contributed by atoms with Crippen molar-refractivity contribution in [3.63, 3.8) is 0 Å². The largest absolute Gasteiger partial charge is 0.338 e. The average Bonchev–Trinajstić information content (AvgIpc) is 2.78. The number of carbonyl (C=O) groups is 1. The third-order valence-corrected chi connectivity index (χ3v) is 3.39. The van der Waals surface area contributed by atoms with Crippen molar-refractivity contribution >= 4 is 30.7 Å². The number of aromatic nitrogens is 1. The second kappa shape index (κ2) is 7.68. The molecule has 1 aliphatic carbocycles. The molecule has 0 atom stereocenters. The minimum absolute atomic E-state index is 0. The number of rotatable bonds is 3. The molecule has 1 aliphatic rings. The zero-order valence-electron chi connectivity index (χ0n) is 11.0. The van der Waals surface area contributed by atoms with Crippen molar-refractivity contribution in [3.8, 4) is 0 Å². The van der Waals surface area contributed by atoms with Crippen LogP contribution >= 0.6 is 24.8 Å². The van der Waals surface area contributed by atoms with Crippen LogP contribution in [0.5, 0.6) is 0 Å². The first-order chi connectivity index (χ1) is 8.12. The van der Waals surface area contributed by atoms with Gasteiger partial charge in [-0.3, -0.25) is 9.78 Å². The zero-order valence-corrected chi connectivity index (χ0v) is 12.7. The molecule has 0 unspecified atom stereocenters. The van der Waals surface area contributed by atoms with Gasteiger partial charge in [0, 0.05) is 13.2 Å². The highest BCUT2D eigenvalue weighted by molar-refractivity contribution is 5.86. The van der Waals surface area contributed by atoms with E-state index >= 15 is 0 Å². The summed E-state index contributed by atoms with van der Waals surface area (Å²) in [7, 11) is 1.80. The van der Waals surface area contributed by atoms with Gasteiger partial charge < -0.3 is 10.6 Å². The Balaban J connectivity index is 0.00000162. The normalized spacial score (nSPS) is 16.1. The third kappa shape index (κ3) is 4.34. The lowest BCUT2D eigenvalue weighted by atomic mass is 9.97. The zero-order chi connectivity index (χ0) is 12.3. The van der Waals surface area contributed by atoms with Gasteiger partial charge in [0.25, 0.3) is 0 Å². The van der Waals surface area contributed by atoms with Crippen LogP contribution in [0.4, 0.5) is 0 Å². The van der Waals surface area contributed by atoms with Crippen LogP contribution in [0, 0.1) is 0 Å². The second-order valence-corrected chi connectivity index (χ2v) is 4.85. The van der Waals surface area contributed by atoms with Crippen LogP contribution in [0.3, 0.4) is 0 Å². The molecule has 19 heavy (non-hydrogen) atoms. The molecule has 0 aromatic carbocycles. The summed E-state index contributed by atoms with van der Waals surface area (Å²) >= 11 is 0. The quantitative estimate of drug-likeness (QED) is 0.931. The fourth-order valence-corrected chi connectivity index (χ4v) is 2.41. The van der Waals surface area contributed by atoms with Crippen molar-refractivity contribution in [1.29, 1.82) is 0 Å². The Labute approximate surface area is 126 Å². The number of halogens is 2. The van der Waals surface area contributed by atoms with Gasteiger partial charge in [0.05, 0.1) is 17.8 Å². The van der Waals surface area contributed by atoms with E-state index in [0.29, 0.717) is 6.54 Å². The number of hydrogen-bond donors (Lipinski definition) is 1. The number of likely N-dealkylation sites (N-methyl/N-ethyl adjacent to an activating group) is 1. The van der Waals surface area contributed by atoms with E-state index in [4.69, 9.17) is 5.73 Å². The summed E-state index contributed by atoms with van der Waals surface area (Å²) in [6, 6.07) is 5.71. The van der Waals surface area contributed by atoms with Crippen LogP contribution in [-0.4, -0.2) is 28.4 Å². The summed E-state index contributed by atoms with van der Waals surface area (Å²) in [4.78, 5) is 18.1. The molecule has 1 heterocycles. The minimum atomic E-state index is -0.635. The number of hydrogen-bond acceptors (Lipinski definition) is 3. The van der Waals surface area contributed by atoms with Crippen LogP contribution in [-0.2, 0) is 11.3 Å². The van der Waals surface area contributed by atoms with Crippen molar-refractivity contribution in [2.24, 2.45) is 5.73 Å². The van der Waals surface area contributed by atoms with E-state index in [0.717, 1.165) is 31.4 Å². The fourth-order valence-electron chi connectivity index (χ4n) is 2.41. The molecule has 6 heteroatoms. The van der Waals surface area contributed by atoms with E-state index < -0.39 is 5.54 Å². The molecule has 0 spiro atoms. The topological polar surface area (TPSA) is 59.2 Å². The first-order valence-electron chi connectivity index (χ1n) is 6.06. The monoisotopic (exact) mass is 305 g/mol. The molecule has 0 aliphatic heterocycles. The molecular weight excluding hydrogens is 285 g/mol. The van der Waals surface area contributed by atoms with Crippen molar-refractivity contribution < 1.29 is 4.79 Å². The Morgan fingerprint density at radius 2 is 2.00 bits per heavy atom. The molecule has 1 aromatic heterocycles. The van der Waals surface area contributed by atoms with Crippen molar-refractivity contribution in [3.05, 3.63) is 30.1 Å². The van der Waals surface area contributed by atoms with Gasteiger partial charge in [0.1, 0.15) is 0 Å². The van der Waals surface area contributed by atoms with Gasteiger partial charge in [-0.25, -0.2) is 0 Å². The molecule has 0 bridgehead atoms. The van der Waals surface area contributed by atoms with E-state index in [2.05, 4.69) is 4.98 Å². The maximum absolute atomic E-state index is 12.2. The second-order valence-electron chi connectivity index (χ2n) is 4.85. The fraction of sp³-hybridized carbons (Fsp3) is 0.538. The lowest BCUT2D eigenvalue weighted by molar-refractivity contribution is -0.136. The Hall–Kier alpha value is -0.840. The summed E-state index contributed by atoms with van der Waals surface area (Å²) < 4.78 is 0. The Morgan fingerprint density at radius 1 is 1.37 bits per heavy atom. The molecule has 2 rings (SSSR count). The summed E-state index contributed by atoms with van der Waals surface area (Å²) in [5, 5.41) is 0. The Bertz CT molecular complexity index is 394. The SMILES string of the molecule is CN(Cc1ccccn1)C(=O)C1(N)CCCC1.Cl.Cl. The summed E-state index contributed by atoms with van der Waals surface area (Å²) in [5.74, 6) is 0.0423. The molecule has 1 fully saturated rings. The van der Waals surface area contributed by atoms with Crippen LogP contribution < -0.4 is 5.73 Å². The molecule has 1 amide bonds. The molecule has 2 N–H and O–H groups in total. The predicted molar refractivity (Wildman–Crippen MR) is 80.6 cm³/mol. The predicted octanol–water partition coefficient (Wildman–Crippen LogP) is 2.16. The third-order valence-electron chi connectivity index (χ3n) is 3.39. The van der Waals surface area contributed by atoms with Crippen LogP contribution in [0.15, 0.2) is 24.4 Å². The van der Waals surface area contributed by atoms with Gasteiger partial charge in [-0.1, -0.05) is 18.9 Å². The van der Waals surface area contributed by atoms with E-state index in [1.54, 1.807) is 18.1 Å². The minimum Gasteiger partial charge on any atom is -0.338 e. The maximum Gasteiger partial charge on any atom is 0.242 e. The lowest BCUT2D eigenvalue weighted by Crippen LogP contribution is -2.52. The molecule has 4 nitrogen and oxygen atoms in total. The van der Waals surface area contributed by atoms with Crippen molar-refractivity contribution in [1.82, 2.24) is 9.88 Å². The van der Waals surface area contributed by atoms with Gasteiger partial charge >= 0.3 is 0 Å². The Morgan fingerprint density at radius 3 is 2.53 bits per heavy atom. The van der Waals surface area contributed by atoms with Gasteiger partial charge in [0.15, 0.2) is 0 Å². The number of carbonyl (C=O) groups excluding carboxylic acids is 1. The smallest absolute Gasteiger partial charge is 0.242 e. The van der Waals surface area contributed by atoms with Crippen LogP contribution in [0.25, 0.3) is 0 Å². The molecule has 0 saturated heterocycles. The van der Waals surface area contributed by atoms with E-state index in [1.165, 1.54) is 0 Å². The summed E-state index contributed by atoms with van der Waals surface area (Å²) in [5.41, 5.74) is 6.40. The summed E-state index contributed by atoms with van der Waals surface area (Å²) in [6.45, 7) is 0.526. The highest BCUT2D eigenvalue weighted by Gasteiger charge is 2.38. The molecular formula is C13H21Cl2N3O. The first kappa shape index (κ1) is 18.2. The van der Waals surface area contributed by atoms with Gasteiger partial charge in [-0.2, -0.15) is 0 Å². The molecule has 108 valence electrons. The number of nitrogens with two attached hydrogens (primary N) is 1. The lowest BCUT2D eigenvalue weighted by Gasteiger charge is -2.28. The molecule has 1 aromatic rings. The van der Waals surface area contributed by atoms with E-state index in [9.17, 15) is 4.79 Å². The van der Waals surface area contributed by atoms with Crippen molar-refractivity contribution in [2.75, 3.05) is 7.05 Å². The average molecular weight is 306 g/mol. The van der Waals surface area contributed by atoms with E-state index in [-0.39, 0.29) is 30.7 Å². The van der Waals surface area contributed by atoms with Gasteiger partial charge in [0.2, 0.25) is 5.91 Å². The highest BCUT2D eigenvalue weighted by Crippen LogP contribution is 2.28. The maximum atomic E-state index is 12.2. The van der Waals surface area contributed by atoms with Crippen molar-refractivity contribution in [2.45, 2.75) is 37.8 Å². The Kier molecular flexibility index (Phi) is 7.34. The van der Waals surface area contributed by atoms with Crippen LogP contribution in [0.2, 0.25) is 0 Å². The van der Waals surface area contributed by atoms with Gasteiger partial charge in [-0.05, 0) is 25.0 Å². The molecule has 1 saturated carbocycles. The number of pyridine rings is 1. The van der Waals surface area contributed by atoms with E-state index in [1.807, 2.05) is 18.2 Å². The first-order valence-corrected chi connectivity index (χ1v) is 6.06. The number of amides is 1. The molecule has 0 radical (unpaired) electrons. The standard InChI is InChI=1S/C13H19N3O.2ClH/c1-16(10-11-6-2-5-9-15-11)12(17)13(14)7-3-4-8-13;;/h2,5-6,9H,3-4,7-8,10,14H2,1H3;2*1H. The number of nitrogens with zero attached hydrogens (tertiary/aromatic N) is 2. The van der Waals surface area contributed by atoms with Gasteiger partial charge in [-0.15, -0.1) is 24.8 Å². The summed E-state index contributed by atoms with van der Waals surface area (Å²) in [6.07, 6.45) is 5.46. The van der Waals surface area contributed by atoms with Crippen LogP contribution in [0.1, 0.15) is 31.4 Å². The highest BCUT2D eigenvalue weighted by atomic mass is 35.5.